The van der Waals surface area contributed by atoms with Gasteiger partial charge in [-0.1, -0.05) is 39.5 Å². The van der Waals surface area contributed by atoms with Gasteiger partial charge in [-0.05, 0) is 56.9 Å². The molecule has 0 saturated heterocycles. The molecule has 1 aromatic rings. The molecule has 0 aliphatic rings. The molecule has 0 aromatic heterocycles. The molecule has 2 amide bonds. The molecule has 1 aromatic carbocycles. The van der Waals surface area contributed by atoms with Gasteiger partial charge in [0.05, 0.1) is 6.61 Å². The Balaban J connectivity index is 2.08. The normalized spacial score (nSPS) is 10.9. The van der Waals surface area contributed by atoms with E-state index in [1.807, 2.05) is 13.8 Å². The number of ether oxygens (including phenoxy) is 1. The van der Waals surface area contributed by atoms with Crippen LogP contribution in [0, 0.1) is 5.92 Å². The van der Waals surface area contributed by atoms with Crippen LogP contribution in [0.3, 0.4) is 0 Å². The van der Waals surface area contributed by atoms with Crippen molar-refractivity contribution in [2.45, 2.75) is 78.7 Å². The molecule has 0 heterocycles. The second kappa shape index (κ2) is 14.0. The molecule has 0 atom stereocenters. The summed E-state index contributed by atoms with van der Waals surface area (Å²) in [6, 6.07) is 7.19. The van der Waals surface area contributed by atoms with Gasteiger partial charge in [0.15, 0.2) is 0 Å². The van der Waals surface area contributed by atoms with Crippen LogP contribution in [0.1, 0.15) is 83.0 Å². The van der Waals surface area contributed by atoms with E-state index >= 15 is 0 Å². The minimum absolute atomic E-state index is 0.0851. The maximum absolute atomic E-state index is 11.9. The second-order valence-electron chi connectivity index (χ2n) is 8.05. The fourth-order valence-corrected chi connectivity index (χ4v) is 2.82. The summed E-state index contributed by atoms with van der Waals surface area (Å²) in [6.45, 7) is 9.62. The molecule has 5 heteroatoms. The van der Waals surface area contributed by atoms with Gasteiger partial charge in [0.2, 0.25) is 5.91 Å². The van der Waals surface area contributed by atoms with Crippen molar-refractivity contribution in [2.24, 2.45) is 5.92 Å². The molecule has 5 nitrogen and oxygen atoms in total. The highest BCUT2D eigenvalue weighted by molar-refractivity contribution is 5.94. The first-order valence-electron chi connectivity index (χ1n) is 10.7. The standard InChI is InChI=1S/C23H38N2O3/c1-18(2)10-7-5-6-8-16-24-22(26)11-9-17-28-21-14-12-20(13-15-21)23(27)25-19(3)4/h12-15,18-19H,5-11,16-17H2,1-4H3,(H,24,26)(H,25,27). The summed E-state index contributed by atoms with van der Waals surface area (Å²) in [6.07, 6.45) is 7.21. The smallest absolute Gasteiger partial charge is 0.251 e. The molecule has 0 fully saturated rings. The van der Waals surface area contributed by atoms with Gasteiger partial charge < -0.3 is 15.4 Å². The number of hydrogen-bond acceptors (Lipinski definition) is 3. The molecular weight excluding hydrogens is 352 g/mol. The van der Waals surface area contributed by atoms with E-state index in [1.165, 1.54) is 25.7 Å². The summed E-state index contributed by atoms with van der Waals surface area (Å²) >= 11 is 0. The number of amides is 2. The summed E-state index contributed by atoms with van der Waals surface area (Å²) in [5.74, 6) is 1.50. The molecule has 28 heavy (non-hydrogen) atoms. The first-order chi connectivity index (χ1) is 13.4. The lowest BCUT2D eigenvalue weighted by atomic mass is 10.0. The number of carbonyl (C=O) groups is 2. The Morgan fingerprint density at radius 2 is 1.61 bits per heavy atom. The van der Waals surface area contributed by atoms with Crippen molar-refractivity contribution in [3.63, 3.8) is 0 Å². The number of hydrogen-bond donors (Lipinski definition) is 2. The second-order valence-corrected chi connectivity index (χ2v) is 8.05. The molecule has 0 spiro atoms. The molecule has 1 rings (SSSR count). The fourth-order valence-electron chi connectivity index (χ4n) is 2.82. The molecule has 0 aliphatic heterocycles. The fraction of sp³-hybridized carbons (Fsp3) is 0.652. The number of unbranched alkanes of at least 4 members (excludes halogenated alkanes) is 3. The van der Waals surface area contributed by atoms with E-state index < -0.39 is 0 Å². The van der Waals surface area contributed by atoms with Crippen LogP contribution in [0.15, 0.2) is 24.3 Å². The third-order valence-corrected chi connectivity index (χ3v) is 4.38. The predicted octanol–water partition coefficient (Wildman–Crippen LogP) is 4.71. The van der Waals surface area contributed by atoms with Crippen molar-refractivity contribution in [1.82, 2.24) is 10.6 Å². The Labute approximate surface area is 170 Å². The molecule has 0 radical (unpaired) electrons. The molecule has 0 saturated carbocycles. The zero-order chi connectivity index (χ0) is 20.8. The third kappa shape index (κ3) is 11.6. The highest BCUT2D eigenvalue weighted by Crippen LogP contribution is 2.13. The van der Waals surface area contributed by atoms with Crippen LogP contribution in [-0.2, 0) is 4.79 Å². The lowest BCUT2D eigenvalue weighted by molar-refractivity contribution is -0.121. The quantitative estimate of drug-likeness (QED) is 0.452. The largest absolute Gasteiger partial charge is 0.494 e. The average molecular weight is 391 g/mol. The maximum atomic E-state index is 11.9. The van der Waals surface area contributed by atoms with Gasteiger partial charge in [-0.25, -0.2) is 0 Å². The van der Waals surface area contributed by atoms with Crippen molar-refractivity contribution in [2.75, 3.05) is 13.2 Å². The van der Waals surface area contributed by atoms with Crippen LogP contribution in [0.25, 0.3) is 0 Å². The van der Waals surface area contributed by atoms with Gasteiger partial charge in [-0.2, -0.15) is 0 Å². The van der Waals surface area contributed by atoms with Crippen molar-refractivity contribution in [1.29, 1.82) is 0 Å². The first-order valence-corrected chi connectivity index (χ1v) is 10.7. The van der Waals surface area contributed by atoms with Crippen LogP contribution in [-0.4, -0.2) is 31.0 Å². The molecule has 0 aliphatic carbocycles. The Bertz CT molecular complexity index is 568. The lowest BCUT2D eigenvalue weighted by Gasteiger charge is -2.10. The van der Waals surface area contributed by atoms with E-state index in [0.717, 1.165) is 18.9 Å². The molecular formula is C23H38N2O3. The molecule has 158 valence electrons. The Morgan fingerprint density at radius 1 is 0.929 bits per heavy atom. The zero-order valence-corrected chi connectivity index (χ0v) is 18.1. The van der Waals surface area contributed by atoms with Crippen molar-refractivity contribution < 1.29 is 14.3 Å². The van der Waals surface area contributed by atoms with Crippen LogP contribution >= 0.6 is 0 Å². The summed E-state index contributed by atoms with van der Waals surface area (Å²) in [5.41, 5.74) is 0.615. The SMILES string of the molecule is CC(C)CCCCCCNC(=O)CCCOc1ccc(C(=O)NC(C)C)cc1. The average Bonchev–Trinajstić information content (AvgIpc) is 2.64. The minimum Gasteiger partial charge on any atom is -0.494 e. The van der Waals surface area contributed by atoms with Crippen molar-refractivity contribution >= 4 is 11.8 Å². The Hall–Kier alpha value is -2.04. The van der Waals surface area contributed by atoms with Gasteiger partial charge in [0, 0.05) is 24.6 Å². The maximum Gasteiger partial charge on any atom is 0.251 e. The van der Waals surface area contributed by atoms with E-state index in [1.54, 1.807) is 24.3 Å². The minimum atomic E-state index is -0.0851. The van der Waals surface area contributed by atoms with Gasteiger partial charge >= 0.3 is 0 Å². The van der Waals surface area contributed by atoms with E-state index in [-0.39, 0.29) is 17.9 Å². The zero-order valence-electron chi connectivity index (χ0n) is 18.1. The lowest BCUT2D eigenvalue weighted by Crippen LogP contribution is -2.29. The first kappa shape index (κ1) is 24.0. The molecule has 0 unspecified atom stereocenters. The van der Waals surface area contributed by atoms with E-state index in [4.69, 9.17) is 4.74 Å². The van der Waals surface area contributed by atoms with Crippen LogP contribution in [0.4, 0.5) is 0 Å². The van der Waals surface area contributed by atoms with E-state index in [0.29, 0.717) is 30.8 Å². The number of nitrogens with one attached hydrogen (secondary N) is 2. The van der Waals surface area contributed by atoms with Crippen LogP contribution in [0.5, 0.6) is 5.75 Å². The van der Waals surface area contributed by atoms with Crippen molar-refractivity contribution in [3.8, 4) is 5.75 Å². The summed E-state index contributed by atoms with van der Waals surface area (Å²) in [5, 5.41) is 5.83. The summed E-state index contributed by atoms with van der Waals surface area (Å²) in [7, 11) is 0. The predicted molar refractivity (Wildman–Crippen MR) is 115 cm³/mol. The van der Waals surface area contributed by atoms with E-state index in [2.05, 4.69) is 24.5 Å². The summed E-state index contributed by atoms with van der Waals surface area (Å²) in [4.78, 5) is 23.7. The number of benzene rings is 1. The Morgan fingerprint density at radius 3 is 2.25 bits per heavy atom. The van der Waals surface area contributed by atoms with Crippen LogP contribution < -0.4 is 15.4 Å². The highest BCUT2D eigenvalue weighted by atomic mass is 16.5. The number of rotatable bonds is 14. The van der Waals surface area contributed by atoms with Crippen LogP contribution in [0.2, 0.25) is 0 Å². The van der Waals surface area contributed by atoms with Gasteiger partial charge in [0.1, 0.15) is 5.75 Å². The van der Waals surface area contributed by atoms with Gasteiger partial charge in [-0.3, -0.25) is 9.59 Å². The molecule has 2 N–H and O–H groups in total. The Kier molecular flexibility index (Phi) is 12.0. The van der Waals surface area contributed by atoms with Gasteiger partial charge in [-0.15, -0.1) is 0 Å². The monoisotopic (exact) mass is 390 g/mol. The highest BCUT2D eigenvalue weighted by Gasteiger charge is 2.07. The van der Waals surface area contributed by atoms with Crippen molar-refractivity contribution in [3.05, 3.63) is 29.8 Å². The molecule has 0 bridgehead atoms. The van der Waals surface area contributed by atoms with Gasteiger partial charge in [0.25, 0.3) is 5.91 Å². The third-order valence-electron chi connectivity index (χ3n) is 4.38. The topological polar surface area (TPSA) is 67.4 Å². The number of carbonyl (C=O) groups excluding carboxylic acids is 2. The summed E-state index contributed by atoms with van der Waals surface area (Å²) < 4.78 is 5.65. The van der Waals surface area contributed by atoms with E-state index in [9.17, 15) is 9.59 Å².